The highest BCUT2D eigenvalue weighted by atomic mass is 16.5. The zero-order valence-corrected chi connectivity index (χ0v) is 23.0. The number of nitrogens with one attached hydrogen (secondary N) is 3. The van der Waals surface area contributed by atoms with E-state index in [1.54, 1.807) is 12.4 Å². The maximum Gasteiger partial charge on any atom is 0.246 e. The first-order chi connectivity index (χ1) is 18.2. The van der Waals surface area contributed by atoms with Gasteiger partial charge in [-0.2, -0.15) is 0 Å². The molecule has 0 heterocycles. The van der Waals surface area contributed by atoms with Crippen molar-refractivity contribution in [2.45, 2.75) is 65.8 Å². The standard InChI is InChI=1S/C30H43N3O5/c1-5-6-18-38-25-14-12-24(13-15-25)20-27(30(36)31-17-16-23-10-8-7-9-11-23)32-29(35)26(19-21(2)3)22(4)28(34)33-37/h7-15,21-22,26-27,37H,5-6,16-20H2,1-4H3,(H,31,36)(H,32,35)(H,33,34)/t22-,26+,27-/m0/s1. The van der Waals surface area contributed by atoms with Crippen LogP contribution in [0.1, 0.15) is 58.1 Å². The molecule has 2 aromatic rings. The summed E-state index contributed by atoms with van der Waals surface area (Å²) in [5.41, 5.74) is 3.62. The Morgan fingerprint density at radius 3 is 2.18 bits per heavy atom. The topological polar surface area (TPSA) is 117 Å². The minimum atomic E-state index is -0.829. The van der Waals surface area contributed by atoms with Gasteiger partial charge in [0.25, 0.3) is 0 Å². The van der Waals surface area contributed by atoms with E-state index in [4.69, 9.17) is 9.94 Å². The average molecular weight is 526 g/mol. The molecule has 4 N–H and O–H groups in total. The van der Waals surface area contributed by atoms with Gasteiger partial charge in [0.1, 0.15) is 11.8 Å². The highest BCUT2D eigenvalue weighted by molar-refractivity contribution is 5.91. The summed E-state index contributed by atoms with van der Waals surface area (Å²) in [5.74, 6) is -1.88. The SMILES string of the molecule is CCCCOc1ccc(C[C@H](NC(=O)[C@H](CC(C)C)[C@H](C)C(=O)NO)C(=O)NCCc2ccccc2)cc1. The van der Waals surface area contributed by atoms with E-state index in [0.717, 1.165) is 29.7 Å². The van der Waals surface area contributed by atoms with Gasteiger partial charge in [-0.05, 0) is 48.4 Å². The van der Waals surface area contributed by atoms with Gasteiger partial charge in [-0.1, -0.05) is 76.6 Å². The van der Waals surface area contributed by atoms with Crippen LogP contribution in [0.2, 0.25) is 0 Å². The van der Waals surface area contributed by atoms with Gasteiger partial charge in [0.05, 0.1) is 6.61 Å². The first-order valence-electron chi connectivity index (χ1n) is 13.5. The molecule has 0 radical (unpaired) electrons. The third-order valence-electron chi connectivity index (χ3n) is 6.51. The second-order valence-corrected chi connectivity index (χ2v) is 10.1. The summed E-state index contributed by atoms with van der Waals surface area (Å²) in [6, 6.07) is 16.5. The van der Waals surface area contributed by atoms with E-state index in [1.165, 1.54) is 0 Å². The maximum atomic E-state index is 13.4. The van der Waals surface area contributed by atoms with Gasteiger partial charge in [0.2, 0.25) is 17.7 Å². The van der Waals surface area contributed by atoms with Gasteiger partial charge >= 0.3 is 0 Å². The molecule has 0 bridgehead atoms. The molecule has 0 unspecified atom stereocenters. The second kappa shape index (κ2) is 16.5. The molecule has 8 nitrogen and oxygen atoms in total. The Morgan fingerprint density at radius 2 is 1.58 bits per heavy atom. The third kappa shape index (κ3) is 10.5. The summed E-state index contributed by atoms with van der Waals surface area (Å²) >= 11 is 0. The average Bonchev–Trinajstić information content (AvgIpc) is 2.91. The van der Waals surface area contributed by atoms with Crippen LogP contribution in [0.15, 0.2) is 54.6 Å². The number of rotatable bonds is 16. The fourth-order valence-corrected chi connectivity index (χ4v) is 4.21. The van der Waals surface area contributed by atoms with Crippen molar-refractivity contribution in [3.8, 4) is 5.75 Å². The van der Waals surface area contributed by atoms with Crippen LogP contribution < -0.4 is 20.9 Å². The maximum absolute atomic E-state index is 13.4. The Labute approximate surface area is 226 Å². The number of carbonyl (C=O) groups is 3. The predicted octanol–water partition coefficient (Wildman–Crippen LogP) is 4.06. The number of hydroxylamine groups is 1. The summed E-state index contributed by atoms with van der Waals surface area (Å²) in [4.78, 5) is 38.7. The fourth-order valence-electron chi connectivity index (χ4n) is 4.21. The second-order valence-electron chi connectivity index (χ2n) is 10.1. The number of carbonyl (C=O) groups excluding carboxylic acids is 3. The van der Waals surface area contributed by atoms with E-state index >= 15 is 0 Å². The van der Waals surface area contributed by atoms with Crippen LogP contribution in [-0.4, -0.2) is 42.1 Å². The smallest absolute Gasteiger partial charge is 0.246 e. The molecule has 3 amide bonds. The van der Waals surface area contributed by atoms with Gasteiger partial charge in [-0.15, -0.1) is 0 Å². The van der Waals surface area contributed by atoms with Crippen LogP contribution >= 0.6 is 0 Å². The predicted molar refractivity (Wildman–Crippen MR) is 148 cm³/mol. The molecule has 208 valence electrons. The molecule has 0 aliphatic heterocycles. The van der Waals surface area contributed by atoms with Crippen molar-refractivity contribution in [2.75, 3.05) is 13.2 Å². The summed E-state index contributed by atoms with van der Waals surface area (Å²) in [6.45, 7) is 8.70. The Balaban J connectivity index is 2.16. The number of unbranched alkanes of at least 4 members (excludes halogenated alkanes) is 1. The minimum absolute atomic E-state index is 0.137. The summed E-state index contributed by atoms with van der Waals surface area (Å²) in [5, 5.41) is 15.0. The molecule has 0 saturated carbocycles. The Bertz CT molecular complexity index is 995. The van der Waals surface area contributed by atoms with Gasteiger partial charge in [-0.25, -0.2) is 5.48 Å². The van der Waals surface area contributed by atoms with Crippen LogP contribution in [0.4, 0.5) is 0 Å². The van der Waals surface area contributed by atoms with E-state index in [9.17, 15) is 14.4 Å². The molecule has 0 saturated heterocycles. The zero-order valence-electron chi connectivity index (χ0n) is 23.0. The fraction of sp³-hybridized carbons (Fsp3) is 0.500. The van der Waals surface area contributed by atoms with Crippen molar-refractivity contribution >= 4 is 17.7 Å². The van der Waals surface area contributed by atoms with Crippen molar-refractivity contribution in [1.29, 1.82) is 0 Å². The molecule has 3 atom stereocenters. The molecule has 0 aromatic heterocycles. The minimum Gasteiger partial charge on any atom is -0.494 e. The Morgan fingerprint density at radius 1 is 0.895 bits per heavy atom. The third-order valence-corrected chi connectivity index (χ3v) is 6.51. The first kappa shape index (κ1) is 30.8. The lowest BCUT2D eigenvalue weighted by Crippen LogP contribution is -2.51. The quantitative estimate of drug-likeness (QED) is 0.150. The normalized spacial score (nSPS) is 13.3. The lowest BCUT2D eigenvalue weighted by molar-refractivity contribution is -0.141. The summed E-state index contributed by atoms with van der Waals surface area (Å²) in [7, 11) is 0. The van der Waals surface area contributed by atoms with Gasteiger partial charge < -0.3 is 15.4 Å². The van der Waals surface area contributed by atoms with Crippen LogP contribution in [-0.2, 0) is 27.2 Å². The molecule has 8 heteroatoms. The van der Waals surface area contributed by atoms with E-state index < -0.39 is 29.7 Å². The molecule has 0 aliphatic rings. The van der Waals surface area contributed by atoms with Crippen molar-refractivity contribution in [3.05, 3.63) is 65.7 Å². The van der Waals surface area contributed by atoms with Crippen LogP contribution in [0.5, 0.6) is 5.75 Å². The molecule has 0 spiro atoms. The number of hydrogen-bond donors (Lipinski definition) is 4. The lowest BCUT2D eigenvalue weighted by Gasteiger charge is -2.26. The van der Waals surface area contributed by atoms with Gasteiger partial charge in [0, 0.05) is 24.8 Å². The monoisotopic (exact) mass is 525 g/mol. The molecular formula is C30H43N3O5. The number of benzene rings is 2. The Kier molecular flexibility index (Phi) is 13.3. The van der Waals surface area contributed by atoms with E-state index in [-0.39, 0.29) is 18.2 Å². The van der Waals surface area contributed by atoms with Crippen molar-refractivity contribution in [1.82, 2.24) is 16.1 Å². The van der Waals surface area contributed by atoms with Crippen LogP contribution in [0.3, 0.4) is 0 Å². The molecule has 0 fully saturated rings. The van der Waals surface area contributed by atoms with E-state index in [1.807, 2.05) is 68.4 Å². The zero-order chi connectivity index (χ0) is 27.9. The molecular weight excluding hydrogens is 482 g/mol. The number of amides is 3. The largest absolute Gasteiger partial charge is 0.494 e. The summed E-state index contributed by atoms with van der Waals surface area (Å²) in [6.07, 6.45) is 3.42. The molecule has 2 rings (SSSR count). The highest BCUT2D eigenvalue weighted by Crippen LogP contribution is 2.22. The van der Waals surface area contributed by atoms with Crippen molar-refractivity contribution < 1.29 is 24.3 Å². The lowest BCUT2D eigenvalue weighted by atomic mass is 9.85. The van der Waals surface area contributed by atoms with Crippen LogP contribution in [0.25, 0.3) is 0 Å². The van der Waals surface area contributed by atoms with E-state index in [0.29, 0.717) is 26.0 Å². The van der Waals surface area contributed by atoms with Crippen molar-refractivity contribution in [2.24, 2.45) is 17.8 Å². The number of hydrogen-bond acceptors (Lipinski definition) is 5. The molecule has 38 heavy (non-hydrogen) atoms. The number of ether oxygens (including phenoxy) is 1. The highest BCUT2D eigenvalue weighted by Gasteiger charge is 2.33. The molecule has 2 aromatic carbocycles. The molecule has 0 aliphatic carbocycles. The summed E-state index contributed by atoms with van der Waals surface area (Å²) < 4.78 is 5.73. The first-order valence-corrected chi connectivity index (χ1v) is 13.5. The Hall–Kier alpha value is -3.39. The van der Waals surface area contributed by atoms with Gasteiger partial charge in [-0.3, -0.25) is 19.6 Å². The van der Waals surface area contributed by atoms with Crippen molar-refractivity contribution in [3.63, 3.8) is 0 Å². The van der Waals surface area contributed by atoms with Gasteiger partial charge in [0.15, 0.2) is 0 Å². The van der Waals surface area contributed by atoms with E-state index in [2.05, 4.69) is 17.6 Å². The van der Waals surface area contributed by atoms with Crippen LogP contribution in [0, 0.1) is 17.8 Å².